The number of nitrogens with one attached hydrogen (secondary N) is 1. The summed E-state index contributed by atoms with van der Waals surface area (Å²) in [7, 11) is 3.03. The lowest BCUT2D eigenvalue weighted by atomic mass is 9.95. The molecule has 1 N–H and O–H groups in total. The minimum atomic E-state index is -0.751. The van der Waals surface area contributed by atoms with E-state index in [0.29, 0.717) is 18.2 Å². The second-order valence-electron chi connectivity index (χ2n) is 4.19. The van der Waals surface area contributed by atoms with Crippen molar-refractivity contribution in [2.24, 2.45) is 0 Å². The molecule has 0 aliphatic carbocycles. The second kappa shape index (κ2) is 5.14. The molecule has 1 saturated heterocycles. The molecule has 0 aromatic heterocycles. The Hall–Kier alpha value is -1.30. The number of carbonyl (C=O) groups excluding carboxylic acids is 1. The zero-order valence-electron chi connectivity index (χ0n) is 10.3. The van der Waals surface area contributed by atoms with Crippen LogP contribution in [-0.4, -0.2) is 43.9 Å². The number of nitrogens with zero attached hydrogens (tertiary/aromatic N) is 1. The number of hydrogen-bond donors (Lipinski definition) is 1. The first-order chi connectivity index (χ1) is 8.57. The van der Waals surface area contributed by atoms with Crippen molar-refractivity contribution in [3.8, 4) is 0 Å². The van der Waals surface area contributed by atoms with Crippen LogP contribution in [-0.2, 0) is 14.4 Å². The molecule has 5 nitrogen and oxygen atoms in total. The maximum atomic E-state index is 12.2. The van der Waals surface area contributed by atoms with Crippen LogP contribution in [0.15, 0.2) is 24.3 Å². The molecule has 1 amide bonds. The number of carbonyl (C=O) groups is 1. The second-order valence-corrected chi connectivity index (χ2v) is 4.63. The third-order valence-corrected chi connectivity index (χ3v) is 3.15. The fraction of sp³-hybridized carbons (Fsp3) is 0.417. The maximum absolute atomic E-state index is 12.2. The topological polar surface area (TPSA) is 50.8 Å². The van der Waals surface area contributed by atoms with Crippen LogP contribution in [0.4, 0.5) is 5.69 Å². The van der Waals surface area contributed by atoms with E-state index in [1.54, 1.807) is 19.2 Å². The third-order valence-electron chi connectivity index (χ3n) is 2.89. The summed E-state index contributed by atoms with van der Waals surface area (Å²) < 4.78 is 5.16. The number of benzene rings is 1. The summed E-state index contributed by atoms with van der Waals surface area (Å²) in [4.78, 5) is 17.1. The van der Waals surface area contributed by atoms with Crippen molar-refractivity contribution in [3.63, 3.8) is 0 Å². The number of ether oxygens (including phenoxy) is 1. The lowest BCUT2D eigenvalue weighted by molar-refractivity contribution is -0.187. The minimum absolute atomic E-state index is 0.161. The molecule has 0 saturated carbocycles. The highest BCUT2D eigenvalue weighted by molar-refractivity contribution is 6.30. The molecule has 6 heteroatoms. The van der Waals surface area contributed by atoms with Crippen LogP contribution < -0.4 is 5.32 Å². The largest absolute Gasteiger partial charge is 0.375 e. The van der Waals surface area contributed by atoms with E-state index in [-0.39, 0.29) is 5.91 Å². The first-order valence-corrected chi connectivity index (χ1v) is 5.89. The van der Waals surface area contributed by atoms with Crippen molar-refractivity contribution < 1.29 is 14.4 Å². The van der Waals surface area contributed by atoms with Crippen LogP contribution >= 0.6 is 11.6 Å². The van der Waals surface area contributed by atoms with E-state index in [4.69, 9.17) is 21.2 Å². The molecular formula is C12H15ClN2O3. The van der Waals surface area contributed by atoms with Crippen LogP contribution in [0.5, 0.6) is 0 Å². The first-order valence-electron chi connectivity index (χ1n) is 5.51. The molecule has 1 aliphatic heterocycles. The highest BCUT2D eigenvalue weighted by Gasteiger charge is 2.48. The van der Waals surface area contributed by atoms with Gasteiger partial charge < -0.3 is 10.1 Å². The molecule has 1 aromatic carbocycles. The van der Waals surface area contributed by atoms with E-state index in [2.05, 4.69) is 5.32 Å². The first kappa shape index (κ1) is 13.1. The number of halogens is 1. The van der Waals surface area contributed by atoms with Crippen molar-refractivity contribution in [3.05, 3.63) is 29.3 Å². The zero-order valence-corrected chi connectivity index (χ0v) is 11.0. The smallest absolute Gasteiger partial charge is 0.276 e. The molecule has 1 aliphatic rings. The predicted molar refractivity (Wildman–Crippen MR) is 68.4 cm³/mol. The SMILES string of the molecule is CON(C)C(=O)C1(Nc2ccc(Cl)cc2)COC1. The summed E-state index contributed by atoms with van der Waals surface area (Å²) in [6, 6.07) is 7.17. The van der Waals surface area contributed by atoms with Gasteiger partial charge in [0.25, 0.3) is 5.91 Å². The van der Waals surface area contributed by atoms with E-state index in [1.165, 1.54) is 12.2 Å². The third kappa shape index (κ3) is 2.43. The summed E-state index contributed by atoms with van der Waals surface area (Å²) in [5.74, 6) is -0.161. The normalized spacial score (nSPS) is 16.8. The highest BCUT2D eigenvalue weighted by atomic mass is 35.5. The maximum Gasteiger partial charge on any atom is 0.276 e. The molecule has 98 valence electrons. The van der Waals surface area contributed by atoms with Crippen molar-refractivity contribution >= 4 is 23.2 Å². The van der Waals surface area contributed by atoms with Gasteiger partial charge in [0, 0.05) is 17.8 Å². The number of likely N-dealkylation sites (N-methyl/N-ethyl adjacent to an activating group) is 1. The van der Waals surface area contributed by atoms with Gasteiger partial charge >= 0.3 is 0 Å². The Morgan fingerprint density at radius 1 is 1.44 bits per heavy atom. The van der Waals surface area contributed by atoms with Gasteiger partial charge in [0.15, 0.2) is 5.54 Å². The molecule has 0 unspecified atom stereocenters. The Bertz CT molecular complexity index is 431. The molecule has 1 heterocycles. The van der Waals surface area contributed by atoms with Crippen LogP contribution in [0.25, 0.3) is 0 Å². The van der Waals surface area contributed by atoms with Crippen LogP contribution in [0.1, 0.15) is 0 Å². The summed E-state index contributed by atoms with van der Waals surface area (Å²) in [6.07, 6.45) is 0. The Kier molecular flexibility index (Phi) is 3.75. The zero-order chi connectivity index (χ0) is 13.2. The van der Waals surface area contributed by atoms with Gasteiger partial charge in [-0.15, -0.1) is 0 Å². The average molecular weight is 271 g/mol. The summed E-state index contributed by atoms with van der Waals surface area (Å²) in [5.41, 5.74) is 0.0686. The summed E-state index contributed by atoms with van der Waals surface area (Å²) in [6.45, 7) is 0.643. The van der Waals surface area contributed by atoms with Gasteiger partial charge in [-0.3, -0.25) is 9.63 Å². The molecule has 1 fully saturated rings. The van der Waals surface area contributed by atoms with E-state index in [1.807, 2.05) is 12.1 Å². The van der Waals surface area contributed by atoms with Crippen molar-refractivity contribution in [2.75, 3.05) is 32.7 Å². The van der Waals surface area contributed by atoms with Crippen molar-refractivity contribution in [1.29, 1.82) is 0 Å². The Balaban J connectivity index is 2.13. The fourth-order valence-corrected chi connectivity index (χ4v) is 1.88. The lowest BCUT2D eigenvalue weighted by Crippen LogP contribution is -2.65. The van der Waals surface area contributed by atoms with Gasteiger partial charge in [0.05, 0.1) is 20.3 Å². The number of amides is 1. The van der Waals surface area contributed by atoms with Gasteiger partial charge in [0.2, 0.25) is 0 Å². The van der Waals surface area contributed by atoms with Gasteiger partial charge in [-0.25, -0.2) is 5.06 Å². The molecule has 18 heavy (non-hydrogen) atoms. The molecule has 0 spiro atoms. The Labute approximate surface area is 111 Å². The highest BCUT2D eigenvalue weighted by Crippen LogP contribution is 2.26. The summed E-state index contributed by atoms with van der Waals surface area (Å²) in [5, 5.41) is 5.03. The van der Waals surface area contributed by atoms with E-state index in [9.17, 15) is 4.79 Å². The standard InChI is InChI=1S/C12H15ClN2O3/c1-15(17-2)11(16)12(7-18-8-12)14-10-5-3-9(13)4-6-10/h3-6,14H,7-8H2,1-2H3. The Morgan fingerprint density at radius 2 is 2.06 bits per heavy atom. The van der Waals surface area contributed by atoms with Gasteiger partial charge in [-0.1, -0.05) is 11.6 Å². The van der Waals surface area contributed by atoms with Gasteiger partial charge in [-0.2, -0.15) is 0 Å². The molecule has 0 radical (unpaired) electrons. The molecular weight excluding hydrogens is 256 g/mol. The number of rotatable bonds is 4. The number of hydrogen-bond acceptors (Lipinski definition) is 4. The van der Waals surface area contributed by atoms with Crippen molar-refractivity contribution in [1.82, 2.24) is 5.06 Å². The molecule has 1 aromatic rings. The molecule has 2 rings (SSSR count). The van der Waals surface area contributed by atoms with E-state index in [0.717, 1.165) is 5.69 Å². The van der Waals surface area contributed by atoms with Crippen LogP contribution in [0.3, 0.4) is 0 Å². The van der Waals surface area contributed by atoms with E-state index >= 15 is 0 Å². The number of hydroxylamine groups is 2. The molecule has 0 bridgehead atoms. The van der Waals surface area contributed by atoms with Crippen LogP contribution in [0, 0.1) is 0 Å². The van der Waals surface area contributed by atoms with Crippen molar-refractivity contribution in [2.45, 2.75) is 5.54 Å². The monoisotopic (exact) mass is 270 g/mol. The average Bonchev–Trinajstić information content (AvgIpc) is 2.34. The summed E-state index contributed by atoms with van der Waals surface area (Å²) >= 11 is 5.82. The van der Waals surface area contributed by atoms with E-state index < -0.39 is 5.54 Å². The Morgan fingerprint density at radius 3 is 2.50 bits per heavy atom. The van der Waals surface area contributed by atoms with Crippen LogP contribution in [0.2, 0.25) is 5.02 Å². The van der Waals surface area contributed by atoms with Gasteiger partial charge in [-0.05, 0) is 24.3 Å². The molecule has 0 atom stereocenters. The quantitative estimate of drug-likeness (QED) is 0.844. The fourth-order valence-electron chi connectivity index (χ4n) is 1.75. The number of anilines is 1. The van der Waals surface area contributed by atoms with Gasteiger partial charge in [0.1, 0.15) is 0 Å². The minimum Gasteiger partial charge on any atom is -0.375 e. The lowest BCUT2D eigenvalue weighted by Gasteiger charge is -2.42. The predicted octanol–water partition coefficient (Wildman–Crippen LogP) is 1.54.